The van der Waals surface area contributed by atoms with Gasteiger partial charge in [0.2, 0.25) is 0 Å². The summed E-state index contributed by atoms with van der Waals surface area (Å²) in [7, 11) is 0. The molecule has 0 bridgehead atoms. The van der Waals surface area contributed by atoms with Crippen LogP contribution in [0.15, 0.2) is 30.3 Å². The van der Waals surface area contributed by atoms with Crippen molar-refractivity contribution in [1.29, 1.82) is 0 Å². The van der Waals surface area contributed by atoms with Gasteiger partial charge < -0.3 is 5.73 Å². The van der Waals surface area contributed by atoms with Crippen molar-refractivity contribution in [1.82, 2.24) is 9.97 Å². The number of rotatable bonds is 1. The van der Waals surface area contributed by atoms with Gasteiger partial charge in [0.05, 0.1) is 5.69 Å². The normalized spacial score (nSPS) is 11.6. The smallest absolute Gasteiger partial charge is 0.162 e. The van der Waals surface area contributed by atoms with Crippen LogP contribution < -0.4 is 5.73 Å². The molecule has 2 rings (SSSR count). The number of aromatic nitrogens is 2. The molecule has 0 radical (unpaired) electrons. The maximum absolute atomic E-state index is 5.89. The minimum absolute atomic E-state index is 0.0332. The maximum Gasteiger partial charge on any atom is 0.162 e. The van der Waals surface area contributed by atoms with E-state index < -0.39 is 0 Å². The quantitative estimate of drug-likeness (QED) is 0.833. The summed E-state index contributed by atoms with van der Waals surface area (Å²) >= 11 is 0. The van der Waals surface area contributed by atoms with E-state index in [1.54, 1.807) is 0 Å². The molecule has 18 heavy (non-hydrogen) atoms. The van der Waals surface area contributed by atoms with Crippen LogP contribution in [0.25, 0.3) is 11.4 Å². The van der Waals surface area contributed by atoms with Crippen LogP contribution >= 0.6 is 0 Å². The van der Waals surface area contributed by atoms with Gasteiger partial charge in [-0.05, 0) is 12.5 Å². The Morgan fingerprint density at radius 3 is 2.33 bits per heavy atom. The minimum atomic E-state index is -0.0332. The summed E-state index contributed by atoms with van der Waals surface area (Å²) < 4.78 is 0. The fraction of sp³-hybridized carbons (Fsp3) is 0.333. The molecule has 0 aliphatic rings. The maximum atomic E-state index is 5.89. The molecular weight excluding hydrogens is 222 g/mol. The third kappa shape index (κ3) is 2.50. The number of anilines is 1. The van der Waals surface area contributed by atoms with E-state index in [0.29, 0.717) is 11.6 Å². The van der Waals surface area contributed by atoms with Crippen molar-refractivity contribution in [3.8, 4) is 11.4 Å². The van der Waals surface area contributed by atoms with E-state index >= 15 is 0 Å². The van der Waals surface area contributed by atoms with Crippen molar-refractivity contribution in [2.45, 2.75) is 33.1 Å². The van der Waals surface area contributed by atoms with Crippen molar-refractivity contribution in [2.75, 3.05) is 5.73 Å². The fourth-order valence-electron chi connectivity index (χ4n) is 1.79. The van der Waals surface area contributed by atoms with Gasteiger partial charge in [-0.3, -0.25) is 0 Å². The number of hydrogen-bond acceptors (Lipinski definition) is 3. The molecule has 1 aromatic carbocycles. The lowest BCUT2D eigenvalue weighted by Gasteiger charge is -2.19. The van der Waals surface area contributed by atoms with Crippen LogP contribution in [0.1, 0.15) is 32.0 Å². The Labute approximate surface area is 108 Å². The Bertz CT molecular complexity index is 568. The van der Waals surface area contributed by atoms with Gasteiger partial charge in [-0.15, -0.1) is 0 Å². The molecule has 3 heteroatoms. The Balaban J connectivity index is 2.60. The second-order valence-corrected chi connectivity index (χ2v) is 5.57. The van der Waals surface area contributed by atoms with Gasteiger partial charge in [-0.1, -0.05) is 45.0 Å². The van der Waals surface area contributed by atoms with E-state index in [1.807, 2.05) is 24.3 Å². The lowest BCUT2D eigenvalue weighted by molar-refractivity contribution is 0.568. The Hall–Kier alpha value is -1.90. The zero-order chi connectivity index (χ0) is 13.3. The van der Waals surface area contributed by atoms with Crippen LogP contribution in [0.5, 0.6) is 0 Å². The molecule has 2 N–H and O–H groups in total. The first-order valence-electron chi connectivity index (χ1n) is 6.09. The molecule has 0 aliphatic heterocycles. The summed E-state index contributed by atoms with van der Waals surface area (Å²) in [6.07, 6.45) is 0. The van der Waals surface area contributed by atoms with E-state index in [0.717, 1.165) is 16.8 Å². The van der Waals surface area contributed by atoms with Gasteiger partial charge in [0, 0.05) is 17.0 Å². The van der Waals surface area contributed by atoms with Gasteiger partial charge in [0.15, 0.2) is 5.82 Å². The topological polar surface area (TPSA) is 51.8 Å². The molecule has 0 atom stereocenters. The lowest BCUT2D eigenvalue weighted by atomic mass is 9.91. The largest absolute Gasteiger partial charge is 0.384 e. The lowest BCUT2D eigenvalue weighted by Crippen LogP contribution is -2.15. The summed E-state index contributed by atoms with van der Waals surface area (Å²) in [6, 6.07) is 9.93. The molecule has 3 nitrogen and oxygen atoms in total. The predicted octanol–water partition coefficient (Wildman–Crippen LogP) is 3.33. The van der Waals surface area contributed by atoms with Crippen LogP contribution in [0, 0.1) is 6.92 Å². The number of nitrogens with zero attached hydrogens (tertiary/aromatic N) is 2. The van der Waals surface area contributed by atoms with E-state index in [2.05, 4.69) is 43.7 Å². The highest BCUT2D eigenvalue weighted by Crippen LogP contribution is 2.26. The average molecular weight is 241 g/mol. The third-order valence-corrected chi connectivity index (χ3v) is 2.90. The Morgan fingerprint density at radius 1 is 1.06 bits per heavy atom. The van der Waals surface area contributed by atoms with E-state index in [1.165, 1.54) is 0 Å². The number of benzene rings is 1. The van der Waals surface area contributed by atoms with Gasteiger partial charge in [-0.25, -0.2) is 9.97 Å². The molecule has 2 aromatic rings. The zero-order valence-corrected chi connectivity index (χ0v) is 11.4. The Kier molecular flexibility index (Phi) is 3.07. The van der Waals surface area contributed by atoms with Crippen molar-refractivity contribution >= 4 is 5.82 Å². The van der Waals surface area contributed by atoms with Crippen molar-refractivity contribution in [3.63, 3.8) is 0 Å². The van der Waals surface area contributed by atoms with Crippen molar-refractivity contribution in [2.24, 2.45) is 0 Å². The van der Waals surface area contributed by atoms with Crippen LogP contribution in [-0.2, 0) is 5.41 Å². The number of nitrogens with two attached hydrogens (primary N) is 1. The Morgan fingerprint density at radius 2 is 1.72 bits per heavy atom. The SMILES string of the molecule is Cc1ccccc1-c1nc(N)cc(C(C)(C)C)n1. The van der Waals surface area contributed by atoms with Crippen molar-refractivity contribution in [3.05, 3.63) is 41.6 Å². The summed E-state index contributed by atoms with van der Waals surface area (Å²) in [5, 5.41) is 0. The highest BCUT2D eigenvalue weighted by atomic mass is 15.0. The molecule has 0 saturated carbocycles. The van der Waals surface area contributed by atoms with Crippen LogP contribution in [0.3, 0.4) is 0 Å². The molecule has 0 fully saturated rings. The summed E-state index contributed by atoms with van der Waals surface area (Å²) in [4.78, 5) is 8.99. The minimum Gasteiger partial charge on any atom is -0.384 e. The average Bonchev–Trinajstić information content (AvgIpc) is 2.27. The second kappa shape index (κ2) is 4.41. The molecule has 0 aliphatic carbocycles. The van der Waals surface area contributed by atoms with Crippen molar-refractivity contribution < 1.29 is 0 Å². The molecule has 0 spiro atoms. The molecule has 1 heterocycles. The molecular formula is C15H19N3. The highest BCUT2D eigenvalue weighted by molar-refractivity contribution is 5.61. The van der Waals surface area contributed by atoms with Gasteiger partial charge in [-0.2, -0.15) is 0 Å². The van der Waals surface area contributed by atoms with E-state index in [9.17, 15) is 0 Å². The molecule has 1 aromatic heterocycles. The third-order valence-electron chi connectivity index (χ3n) is 2.90. The van der Waals surface area contributed by atoms with E-state index in [-0.39, 0.29) is 5.41 Å². The van der Waals surface area contributed by atoms with Gasteiger partial charge in [0.1, 0.15) is 5.82 Å². The van der Waals surface area contributed by atoms with Crippen LogP contribution in [0.4, 0.5) is 5.82 Å². The number of nitrogen functional groups attached to an aromatic ring is 1. The van der Waals surface area contributed by atoms with Gasteiger partial charge in [0.25, 0.3) is 0 Å². The molecule has 0 unspecified atom stereocenters. The highest BCUT2D eigenvalue weighted by Gasteiger charge is 2.18. The summed E-state index contributed by atoms with van der Waals surface area (Å²) in [6.45, 7) is 8.42. The van der Waals surface area contributed by atoms with Crippen LogP contribution in [0.2, 0.25) is 0 Å². The molecule has 0 saturated heterocycles. The predicted molar refractivity (Wildman–Crippen MR) is 75.3 cm³/mol. The molecule has 0 amide bonds. The first kappa shape index (κ1) is 12.6. The second-order valence-electron chi connectivity index (χ2n) is 5.57. The standard InChI is InChI=1S/C15H19N3/c1-10-7-5-6-8-11(10)14-17-12(15(2,3)4)9-13(16)18-14/h5-9H,1-4H3,(H2,16,17,18). The monoisotopic (exact) mass is 241 g/mol. The first-order chi connectivity index (χ1) is 8.38. The van der Waals surface area contributed by atoms with E-state index in [4.69, 9.17) is 5.73 Å². The summed E-state index contributed by atoms with van der Waals surface area (Å²) in [5.41, 5.74) is 9.02. The first-order valence-corrected chi connectivity index (χ1v) is 6.09. The summed E-state index contributed by atoms with van der Waals surface area (Å²) in [5.74, 6) is 1.23. The number of aryl methyl sites for hydroxylation is 1. The molecule has 94 valence electrons. The number of hydrogen-bond donors (Lipinski definition) is 1. The van der Waals surface area contributed by atoms with Gasteiger partial charge >= 0.3 is 0 Å². The fourth-order valence-corrected chi connectivity index (χ4v) is 1.79. The van der Waals surface area contributed by atoms with Crippen LogP contribution in [-0.4, -0.2) is 9.97 Å². The zero-order valence-electron chi connectivity index (χ0n) is 11.4.